The second-order valence-corrected chi connectivity index (χ2v) is 8.35. The Morgan fingerprint density at radius 1 is 1.22 bits per heavy atom. The third-order valence-corrected chi connectivity index (χ3v) is 6.25. The second kappa shape index (κ2) is 9.13. The monoisotopic (exact) mass is 429 g/mol. The molecular formula is C23H27N9. The molecule has 4 rings (SSSR count). The van der Waals surface area contributed by atoms with Crippen molar-refractivity contribution in [3.8, 4) is 12.3 Å². The maximum Gasteiger partial charge on any atom is 0.211 e. The van der Waals surface area contributed by atoms with Crippen LogP contribution >= 0.6 is 0 Å². The van der Waals surface area contributed by atoms with Gasteiger partial charge in [-0.15, -0.1) is 0 Å². The van der Waals surface area contributed by atoms with Gasteiger partial charge in [-0.25, -0.2) is 9.98 Å². The minimum Gasteiger partial charge on any atom is -0.397 e. The standard InChI is InChI=1S/C23H27N9/c1-32(16-8-3-2-4-9-16)12-14-6-5-7-15(10-14)20-18-19(26)17(11-24)21(27)30-22(18)31-23(29-20)28-13-25/h5-7,10,16,20H,2-4,8-9,12H2,1H3,(H6,26,27,28,29,30,31). The van der Waals surface area contributed by atoms with E-state index in [2.05, 4.69) is 44.7 Å². The number of hydrogen-bond donors (Lipinski definition) is 4. The predicted molar refractivity (Wildman–Crippen MR) is 124 cm³/mol. The molecule has 164 valence electrons. The Hall–Kier alpha value is -3.82. The number of aromatic nitrogens is 1. The molecule has 1 aromatic heterocycles. The highest BCUT2D eigenvalue weighted by Crippen LogP contribution is 2.40. The van der Waals surface area contributed by atoms with E-state index < -0.39 is 6.04 Å². The number of fused-ring (bicyclic) bond motifs is 1. The first-order chi connectivity index (χ1) is 15.5. The van der Waals surface area contributed by atoms with Crippen LogP contribution in [0.2, 0.25) is 0 Å². The minimum atomic E-state index is -0.526. The lowest BCUT2D eigenvalue weighted by Crippen LogP contribution is -2.33. The van der Waals surface area contributed by atoms with Crippen LogP contribution in [0.5, 0.6) is 0 Å². The van der Waals surface area contributed by atoms with Gasteiger partial charge in [0, 0.05) is 18.2 Å². The number of benzene rings is 1. The van der Waals surface area contributed by atoms with E-state index in [1.54, 1.807) is 0 Å². The summed E-state index contributed by atoms with van der Waals surface area (Å²) in [6, 6.07) is 10.3. The quantitative estimate of drug-likeness (QED) is 0.427. The summed E-state index contributed by atoms with van der Waals surface area (Å²) in [7, 11) is 2.18. The molecule has 1 saturated carbocycles. The summed E-state index contributed by atoms with van der Waals surface area (Å²) < 4.78 is 0. The Morgan fingerprint density at radius 3 is 2.72 bits per heavy atom. The summed E-state index contributed by atoms with van der Waals surface area (Å²) in [6.07, 6.45) is 8.27. The van der Waals surface area contributed by atoms with Gasteiger partial charge in [0.1, 0.15) is 29.3 Å². The maximum atomic E-state index is 9.49. The molecule has 1 fully saturated rings. The molecule has 2 aliphatic rings. The molecule has 32 heavy (non-hydrogen) atoms. The zero-order valence-electron chi connectivity index (χ0n) is 18.1. The number of nitrogens with zero attached hydrogens (tertiary/aromatic N) is 5. The molecule has 0 spiro atoms. The van der Waals surface area contributed by atoms with Gasteiger partial charge in [-0.3, -0.25) is 10.2 Å². The molecule has 1 aromatic carbocycles. The number of anilines is 3. The number of hydrogen-bond acceptors (Lipinski definition) is 9. The van der Waals surface area contributed by atoms with Crippen molar-refractivity contribution in [3.63, 3.8) is 0 Å². The van der Waals surface area contributed by atoms with Crippen molar-refractivity contribution in [1.82, 2.24) is 15.2 Å². The molecule has 9 nitrogen and oxygen atoms in total. The number of nitrogens with one attached hydrogen (secondary N) is 2. The summed E-state index contributed by atoms with van der Waals surface area (Å²) in [5, 5.41) is 24.1. The average molecular weight is 430 g/mol. The molecule has 2 aromatic rings. The van der Waals surface area contributed by atoms with E-state index in [0.717, 1.165) is 12.1 Å². The smallest absolute Gasteiger partial charge is 0.211 e. The van der Waals surface area contributed by atoms with Gasteiger partial charge in [0.2, 0.25) is 5.96 Å². The first kappa shape index (κ1) is 21.4. The number of aliphatic imine (C=N–C) groups is 1. The molecule has 1 atom stereocenters. The van der Waals surface area contributed by atoms with Crippen LogP contribution in [0.15, 0.2) is 29.3 Å². The van der Waals surface area contributed by atoms with Crippen LogP contribution in [0.3, 0.4) is 0 Å². The molecule has 1 unspecified atom stereocenters. The zero-order chi connectivity index (χ0) is 22.7. The number of nitriles is 2. The lowest BCUT2D eigenvalue weighted by Gasteiger charge is -2.31. The van der Waals surface area contributed by atoms with Crippen molar-refractivity contribution in [2.75, 3.05) is 23.8 Å². The fraction of sp³-hybridized carbons (Fsp3) is 0.391. The van der Waals surface area contributed by atoms with E-state index in [1.807, 2.05) is 24.4 Å². The van der Waals surface area contributed by atoms with Gasteiger partial charge in [0.05, 0.1) is 5.69 Å². The molecule has 0 saturated heterocycles. The molecule has 6 N–H and O–H groups in total. The zero-order valence-corrected chi connectivity index (χ0v) is 18.1. The number of nitrogen functional groups attached to an aromatic ring is 2. The van der Waals surface area contributed by atoms with Gasteiger partial charge in [-0.2, -0.15) is 10.5 Å². The first-order valence-corrected chi connectivity index (χ1v) is 10.8. The van der Waals surface area contributed by atoms with Crippen molar-refractivity contribution in [3.05, 3.63) is 46.5 Å². The highest BCUT2D eigenvalue weighted by atomic mass is 15.2. The minimum absolute atomic E-state index is 0.0380. The highest BCUT2D eigenvalue weighted by molar-refractivity contribution is 5.98. The summed E-state index contributed by atoms with van der Waals surface area (Å²) in [5.74, 6) is 0.684. The van der Waals surface area contributed by atoms with Crippen molar-refractivity contribution < 1.29 is 0 Å². The largest absolute Gasteiger partial charge is 0.397 e. The van der Waals surface area contributed by atoms with Crippen molar-refractivity contribution in [2.45, 2.75) is 50.7 Å². The summed E-state index contributed by atoms with van der Waals surface area (Å²) in [4.78, 5) is 11.4. The van der Waals surface area contributed by atoms with E-state index >= 15 is 0 Å². The van der Waals surface area contributed by atoms with E-state index in [-0.39, 0.29) is 23.0 Å². The SMILES string of the molecule is CN(Cc1cccc(C2N=C(NC#N)Nc3nc(N)c(C#N)c(N)c32)c1)C1CCCCC1. The van der Waals surface area contributed by atoms with Crippen LogP contribution in [0.4, 0.5) is 17.3 Å². The van der Waals surface area contributed by atoms with Gasteiger partial charge in [-0.05, 0) is 31.0 Å². The van der Waals surface area contributed by atoms with Gasteiger partial charge < -0.3 is 16.8 Å². The molecule has 1 aliphatic carbocycles. The molecule has 1 aliphatic heterocycles. The van der Waals surface area contributed by atoms with Crippen LogP contribution < -0.4 is 22.1 Å². The Bertz CT molecular complexity index is 1120. The highest BCUT2D eigenvalue weighted by Gasteiger charge is 2.30. The van der Waals surface area contributed by atoms with Gasteiger partial charge in [0.25, 0.3) is 0 Å². The number of pyridine rings is 1. The van der Waals surface area contributed by atoms with Crippen LogP contribution in [0.25, 0.3) is 0 Å². The molecule has 0 bridgehead atoms. The predicted octanol–water partition coefficient (Wildman–Crippen LogP) is 2.82. The van der Waals surface area contributed by atoms with E-state index in [1.165, 1.54) is 37.7 Å². The molecule has 9 heteroatoms. The average Bonchev–Trinajstić information content (AvgIpc) is 2.79. The fourth-order valence-corrected chi connectivity index (χ4v) is 4.62. The lowest BCUT2D eigenvalue weighted by atomic mass is 9.93. The maximum absolute atomic E-state index is 9.49. The van der Waals surface area contributed by atoms with Crippen molar-refractivity contribution in [2.24, 2.45) is 4.99 Å². The number of guanidine groups is 1. The number of nitrogens with two attached hydrogens (primary N) is 2. The van der Waals surface area contributed by atoms with E-state index in [9.17, 15) is 5.26 Å². The summed E-state index contributed by atoms with van der Waals surface area (Å²) in [5.41, 5.74) is 15.3. The van der Waals surface area contributed by atoms with Gasteiger partial charge in [-0.1, -0.05) is 43.5 Å². The molecule has 0 amide bonds. The molecule has 0 radical (unpaired) electrons. The molecular weight excluding hydrogens is 402 g/mol. The van der Waals surface area contributed by atoms with E-state index in [4.69, 9.17) is 16.7 Å². The topological polar surface area (TPSA) is 152 Å². The van der Waals surface area contributed by atoms with Crippen LogP contribution in [0, 0.1) is 22.8 Å². The normalized spacial score (nSPS) is 18.1. The third kappa shape index (κ3) is 4.16. The van der Waals surface area contributed by atoms with E-state index in [0.29, 0.717) is 17.4 Å². The van der Waals surface area contributed by atoms with Crippen LogP contribution in [0.1, 0.15) is 60.4 Å². The number of rotatable bonds is 4. The van der Waals surface area contributed by atoms with Crippen LogP contribution in [-0.4, -0.2) is 28.9 Å². The lowest BCUT2D eigenvalue weighted by molar-refractivity contribution is 0.184. The Kier molecular flexibility index (Phi) is 6.11. The Labute approximate surface area is 187 Å². The third-order valence-electron chi connectivity index (χ3n) is 6.25. The van der Waals surface area contributed by atoms with Crippen molar-refractivity contribution >= 4 is 23.3 Å². The summed E-state index contributed by atoms with van der Waals surface area (Å²) >= 11 is 0. The van der Waals surface area contributed by atoms with Gasteiger partial charge in [0.15, 0.2) is 6.19 Å². The van der Waals surface area contributed by atoms with Crippen molar-refractivity contribution in [1.29, 1.82) is 10.5 Å². The van der Waals surface area contributed by atoms with Gasteiger partial charge >= 0.3 is 0 Å². The molecule has 2 heterocycles. The Balaban J connectivity index is 1.70. The second-order valence-electron chi connectivity index (χ2n) is 8.35. The first-order valence-electron chi connectivity index (χ1n) is 10.8. The summed E-state index contributed by atoms with van der Waals surface area (Å²) in [6.45, 7) is 0.836. The fourth-order valence-electron chi connectivity index (χ4n) is 4.62. The Morgan fingerprint density at radius 2 is 2.00 bits per heavy atom. The van der Waals surface area contributed by atoms with Crippen LogP contribution in [-0.2, 0) is 6.54 Å².